The van der Waals surface area contributed by atoms with Gasteiger partial charge < -0.3 is 5.32 Å². The molecule has 1 aliphatic rings. The molecule has 0 aliphatic carbocycles. The monoisotopic (exact) mass is 279 g/mol. The molecule has 0 amide bonds. The van der Waals surface area contributed by atoms with Gasteiger partial charge in [-0.1, -0.05) is 12.1 Å². The van der Waals surface area contributed by atoms with Crippen molar-refractivity contribution in [3.05, 3.63) is 28.9 Å². The molecule has 0 bridgehead atoms. The quantitative estimate of drug-likeness (QED) is 0.870. The molecule has 0 radical (unpaired) electrons. The number of hydrogen-bond acceptors (Lipinski definition) is 2. The first-order valence-corrected chi connectivity index (χ1v) is 6.48. The summed E-state index contributed by atoms with van der Waals surface area (Å²) >= 11 is 3.62. The van der Waals surface area contributed by atoms with E-state index in [9.17, 15) is 0 Å². The number of hydrogen-bond donors (Lipinski definition) is 1. The molecule has 0 saturated carbocycles. The fraction of sp³-hybridized carbons (Fsp3) is 0.417. The van der Waals surface area contributed by atoms with Crippen molar-refractivity contribution in [1.29, 1.82) is 0 Å². The summed E-state index contributed by atoms with van der Waals surface area (Å²) < 4.78 is 3.32. The molecule has 3 nitrogen and oxygen atoms in total. The predicted molar refractivity (Wildman–Crippen MR) is 68.6 cm³/mol. The van der Waals surface area contributed by atoms with E-state index in [1.807, 2.05) is 6.20 Å². The van der Waals surface area contributed by atoms with Gasteiger partial charge in [0.2, 0.25) is 0 Å². The molecule has 1 fully saturated rings. The van der Waals surface area contributed by atoms with Crippen molar-refractivity contribution in [2.75, 3.05) is 13.1 Å². The zero-order valence-electron chi connectivity index (χ0n) is 8.99. The highest BCUT2D eigenvalue weighted by Gasteiger charge is 2.18. The molecule has 4 heteroatoms. The third-order valence-corrected chi connectivity index (χ3v) is 3.86. The normalized spacial score (nSPS) is 18.1. The Hall–Kier alpha value is -0.870. The molecule has 1 aromatic carbocycles. The fourth-order valence-corrected chi connectivity index (χ4v) is 2.95. The number of piperidine rings is 1. The van der Waals surface area contributed by atoms with Crippen molar-refractivity contribution < 1.29 is 0 Å². The minimum Gasteiger partial charge on any atom is -0.317 e. The molecule has 0 unspecified atom stereocenters. The van der Waals surface area contributed by atoms with E-state index in [-0.39, 0.29) is 0 Å². The third-order valence-electron chi connectivity index (χ3n) is 3.22. The van der Waals surface area contributed by atoms with Crippen LogP contribution >= 0.6 is 15.9 Å². The van der Waals surface area contributed by atoms with Gasteiger partial charge in [-0.3, -0.25) is 4.68 Å². The van der Waals surface area contributed by atoms with E-state index in [1.54, 1.807) is 0 Å². The molecular formula is C12H14BrN3. The van der Waals surface area contributed by atoms with Crippen LogP contribution in [0.25, 0.3) is 10.9 Å². The summed E-state index contributed by atoms with van der Waals surface area (Å²) in [6.07, 6.45) is 4.29. The molecule has 84 valence electrons. The van der Waals surface area contributed by atoms with Crippen LogP contribution in [0.1, 0.15) is 18.9 Å². The molecule has 16 heavy (non-hydrogen) atoms. The summed E-state index contributed by atoms with van der Waals surface area (Å²) in [6.45, 7) is 2.19. The summed E-state index contributed by atoms with van der Waals surface area (Å²) in [5.74, 6) is 0. The molecule has 1 N–H and O–H groups in total. The van der Waals surface area contributed by atoms with Crippen molar-refractivity contribution in [2.24, 2.45) is 0 Å². The largest absolute Gasteiger partial charge is 0.317 e. The van der Waals surface area contributed by atoms with Crippen molar-refractivity contribution in [3.8, 4) is 0 Å². The third kappa shape index (κ3) is 1.66. The molecule has 0 atom stereocenters. The van der Waals surface area contributed by atoms with Crippen LogP contribution < -0.4 is 5.32 Å². The molecule has 1 aliphatic heterocycles. The lowest BCUT2D eigenvalue weighted by Crippen LogP contribution is -2.29. The van der Waals surface area contributed by atoms with Crippen LogP contribution in [0.15, 0.2) is 28.9 Å². The second kappa shape index (κ2) is 4.18. The summed E-state index contributed by atoms with van der Waals surface area (Å²) in [6, 6.07) is 6.80. The van der Waals surface area contributed by atoms with E-state index in [1.165, 1.54) is 10.9 Å². The van der Waals surface area contributed by atoms with Gasteiger partial charge in [0.05, 0.1) is 17.8 Å². The Morgan fingerprint density at radius 3 is 2.94 bits per heavy atom. The average Bonchev–Trinajstić information content (AvgIpc) is 2.75. The Bertz CT molecular complexity index is 500. The number of fused-ring (bicyclic) bond motifs is 1. The van der Waals surface area contributed by atoms with E-state index in [0.29, 0.717) is 6.04 Å². The van der Waals surface area contributed by atoms with Gasteiger partial charge in [-0.2, -0.15) is 5.10 Å². The zero-order chi connectivity index (χ0) is 11.0. The number of para-hydroxylation sites is 1. The maximum absolute atomic E-state index is 4.54. The summed E-state index contributed by atoms with van der Waals surface area (Å²) in [7, 11) is 0. The topological polar surface area (TPSA) is 29.9 Å². The highest BCUT2D eigenvalue weighted by molar-refractivity contribution is 9.10. The lowest BCUT2D eigenvalue weighted by atomic mass is 10.1. The number of nitrogens with zero attached hydrogens (tertiary/aromatic N) is 2. The molecule has 0 spiro atoms. The average molecular weight is 280 g/mol. The van der Waals surface area contributed by atoms with Crippen LogP contribution in [0.4, 0.5) is 0 Å². The van der Waals surface area contributed by atoms with Gasteiger partial charge in [0, 0.05) is 9.86 Å². The number of benzene rings is 1. The minimum atomic E-state index is 0.539. The standard InChI is InChI=1S/C12H14BrN3/c13-11-3-1-2-9-8-15-16(12(9)11)10-4-6-14-7-5-10/h1-3,8,10,14H,4-7H2. The second-order valence-electron chi connectivity index (χ2n) is 4.25. The van der Waals surface area contributed by atoms with E-state index in [2.05, 4.69) is 49.2 Å². The fourth-order valence-electron chi connectivity index (χ4n) is 2.39. The first-order valence-electron chi connectivity index (χ1n) is 5.69. The van der Waals surface area contributed by atoms with Crippen LogP contribution in [0, 0.1) is 0 Å². The lowest BCUT2D eigenvalue weighted by Gasteiger charge is -2.23. The zero-order valence-corrected chi connectivity index (χ0v) is 10.6. The maximum Gasteiger partial charge on any atom is 0.0827 e. The number of aromatic nitrogens is 2. The van der Waals surface area contributed by atoms with Crippen molar-refractivity contribution in [3.63, 3.8) is 0 Å². The van der Waals surface area contributed by atoms with Crippen LogP contribution in [0.2, 0.25) is 0 Å². The van der Waals surface area contributed by atoms with E-state index in [4.69, 9.17) is 0 Å². The molecule has 1 aromatic heterocycles. The Kier molecular flexibility index (Phi) is 2.69. The smallest absolute Gasteiger partial charge is 0.0827 e. The Balaban J connectivity index is 2.09. The number of nitrogens with one attached hydrogen (secondary N) is 1. The van der Waals surface area contributed by atoms with Gasteiger partial charge in [-0.05, 0) is 47.9 Å². The van der Waals surface area contributed by atoms with Gasteiger partial charge in [-0.15, -0.1) is 0 Å². The second-order valence-corrected chi connectivity index (χ2v) is 5.10. The minimum absolute atomic E-state index is 0.539. The maximum atomic E-state index is 4.54. The van der Waals surface area contributed by atoms with Crippen LogP contribution in [0.3, 0.4) is 0 Å². The lowest BCUT2D eigenvalue weighted by molar-refractivity contribution is 0.351. The highest BCUT2D eigenvalue weighted by atomic mass is 79.9. The summed E-state index contributed by atoms with van der Waals surface area (Å²) in [5.41, 5.74) is 1.23. The van der Waals surface area contributed by atoms with Crippen LogP contribution in [-0.2, 0) is 0 Å². The number of rotatable bonds is 1. The van der Waals surface area contributed by atoms with Gasteiger partial charge in [0.25, 0.3) is 0 Å². The summed E-state index contributed by atoms with van der Waals surface area (Å²) in [4.78, 5) is 0. The Morgan fingerprint density at radius 2 is 2.12 bits per heavy atom. The van der Waals surface area contributed by atoms with Gasteiger partial charge in [0.15, 0.2) is 0 Å². The van der Waals surface area contributed by atoms with E-state index in [0.717, 1.165) is 30.4 Å². The molecule has 2 heterocycles. The molecule has 3 rings (SSSR count). The van der Waals surface area contributed by atoms with Crippen molar-refractivity contribution in [2.45, 2.75) is 18.9 Å². The Morgan fingerprint density at radius 1 is 1.31 bits per heavy atom. The van der Waals surface area contributed by atoms with E-state index >= 15 is 0 Å². The van der Waals surface area contributed by atoms with E-state index < -0.39 is 0 Å². The first-order chi connectivity index (χ1) is 7.86. The van der Waals surface area contributed by atoms with Gasteiger partial charge >= 0.3 is 0 Å². The van der Waals surface area contributed by atoms with Crippen molar-refractivity contribution in [1.82, 2.24) is 15.1 Å². The molecule has 2 aromatic rings. The predicted octanol–water partition coefficient (Wildman–Crippen LogP) is 2.72. The first kappa shape index (κ1) is 10.3. The SMILES string of the molecule is Brc1cccc2cnn(C3CCNCC3)c12. The summed E-state index contributed by atoms with van der Waals surface area (Å²) in [5, 5.41) is 9.14. The van der Waals surface area contributed by atoms with Crippen molar-refractivity contribution >= 4 is 26.8 Å². The van der Waals surface area contributed by atoms with Crippen LogP contribution in [-0.4, -0.2) is 22.9 Å². The molecule has 1 saturated heterocycles. The highest BCUT2D eigenvalue weighted by Crippen LogP contribution is 2.28. The Labute approximate surface area is 103 Å². The van der Waals surface area contributed by atoms with Gasteiger partial charge in [0.1, 0.15) is 0 Å². The number of halogens is 1. The van der Waals surface area contributed by atoms with Gasteiger partial charge in [-0.25, -0.2) is 0 Å². The molecular weight excluding hydrogens is 266 g/mol. The van der Waals surface area contributed by atoms with Crippen LogP contribution in [0.5, 0.6) is 0 Å².